The van der Waals surface area contributed by atoms with Crippen LogP contribution in [0.3, 0.4) is 0 Å². The fourth-order valence-electron chi connectivity index (χ4n) is 2.19. The predicted molar refractivity (Wildman–Crippen MR) is 81.1 cm³/mol. The molecule has 20 heavy (non-hydrogen) atoms. The monoisotopic (exact) mass is 296 g/mol. The van der Waals surface area contributed by atoms with E-state index in [0.29, 0.717) is 17.0 Å². The van der Waals surface area contributed by atoms with Crippen LogP contribution in [0.15, 0.2) is 24.3 Å². The zero-order chi connectivity index (χ0) is 14.4. The molecule has 0 saturated heterocycles. The van der Waals surface area contributed by atoms with Crippen molar-refractivity contribution in [1.82, 2.24) is 5.32 Å². The summed E-state index contributed by atoms with van der Waals surface area (Å²) in [5.41, 5.74) is 1.12. The molecule has 1 aliphatic carbocycles. The number of ether oxygens (including phenoxy) is 1. The Morgan fingerprint density at radius 1 is 1.35 bits per heavy atom. The number of nitrogens with one attached hydrogen (secondary N) is 2. The molecule has 0 radical (unpaired) electrons. The van der Waals surface area contributed by atoms with Gasteiger partial charge in [0.2, 0.25) is 5.91 Å². The lowest BCUT2D eigenvalue weighted by atomic mass is 10.0. The van der Waals surface area contributed by atoms with Crippen molar-refractivity contribution in [3.8, 4) is 0 Å². The first-order valence-electron chi connectivity index (χ1n) is 6.89. The third kappa shape index (κ3) is 4.78. The Balaban J connectivity index is 1.66. The van der Waals surface area contributed by atoms with Crippen LogP contribution in [-0.4, -0.2) is 32.7 Å². The second-order valence-corrected chi connectivity index (χ2v) is 5.84. The molecule has 0 aromatic heterocycles. The Hall–Kier alpha value is -1.10. The Kier molecular flexibility index (Phi) is 5.40. The summed E-state index contributed by atoms with van der Waals surface area (Å²) in [6.45, 7) is 2.00. The molecule has 0 spiro atoms. The minimum atomic E-state index is -0.0325. The van der Waals surface area contributed by atoms with Crippen LogP contribution in [0.5, 0.6) is 0 Å². The van der Waals surface area contributed by atoms with Gasteiger partial charge in [-0.3, -0.25) is 4.79 Å². The smallest absolute Gasteiger partial charge is 0.238 e. The zero-order valence-electron chi connectivity index (χ0n) is 11.7. The van der Waals surface area contributed by atoms with E-state index in [1.807, 2.05) is 0 Å². The molecule has 5 heteroatoms. The second kappa shape index (κ2) is 7.07. The second-order valence-electron chi connectivity index (χ2n) is 5.40. The summed E-state index contributed by atoms with van der Waals surface area (Å²) in [5, 5.41) is 6.73. The molecule has 0 heterocycles. The van der Waals surface area contributed by atoms with E-state index in [1.54, 1.807) is 31.4 Å². The van der Waals surface area contributed by atoms with Crippen LogP contribution < -0.4 is 10.6 Å². The van der Waals surface area contributed by atoms with Crippen LogP contribution in [0, 0.1) is 5.41 Å². The maximum Gasteiger partial charge on any atom is 0.238 e. The van der Waals surface area contributed by atoms with E-state index < -0.39 is 0 Å². The van der Waals surface area contributed by atoms with Gasteiger partial charge in [0.15, 0.2) is 0 Å². The number of amides is 1. The minimum absolute atomic E-state index is 0.0325. The van der Waals surface area contributed by atoms with Gasteiger partial charge >= 0.3 is 0 Å². The van der Waals surface area contributed by atoms with Crippen molar-refractivity contribution >= 4 is 23.2 Å². The van der Waals surface area contributed by atoms with Gasteiger partial charge in [0.05, 0.1) is 6.54 Å². The maximum absolute atomic E-state index is 11.8. The number of halogens is 1. The van der Waals surface area contributed by atoms with Gasteiger partial charge in [-0.05, 0) is 48.9 Å². The Morgan fingerprint density at radius 3 is 2.65 bits per heavy atom. The summed E-state index contributed by atoms with van der Waals surface area (Å²) in [4.78, 5) is 11.8. The average Bonchev–Trinajstić information content (AvgIpc) is 3.20. The summed E-state index contributed by atoms with van der Waals surface area (Å²) in [5.74, 6) is -0.0325. The number of hydrogen-bond donors (Lipinski definition) is 2. The Labute approximate surface area is 124 Å². The molecule has 1 aromatic rings. The highest BCUT2D eigenvalue weighted by Gasteiger charge is 2.41. The van der Waals surface area contributed by atoms with Crippen LogP contribution in [0.25, 0.3) is 0 Å². The molecule has 0 aliphatic heterocycles. The number of rotatable bonds is 8. The van der Waals surface area contributed by atoms with Gasteiger partial charge in [-0.1, -0.05) is 11.6 Å². The zero-order valence-corrected chi connectivity index (χ0v) is 12.5. The highest BCUT2D eigenvalue weighted by molar-refractivity contribution is 6.30. The van der Waals surface area contributed by atoms with Crippen LogP contribution in [-0.2, 0) is 9.53 Å². The lowest BCUT2D eigenvalue weighted by Gasteiger charge is -2.15. The molecule has 1 saturated carbocycles. The van der Waals surface area contributed by atoms with Gasteiger partial charge in [0.1, 0.15) is 0 Å². The van der Waals surface area contributed by atoms with Crippen molar-refractivity contribution < 1.29 is 9.53 Å². The van der Waals surface area contributed by atoms with Crippen LogP contribution in [0.1, 0.15) is 19.3 Å². The van der Waals surface area contributed by atoms with Gasteiger partial charge in [-0.25, -0.2) is 0 Å². The van der Waals surface area contributed by atoms with Crippen molar-refractivity contribution in [3.05, 3.63) is 29.3 Å². The van der Waals surface area contributed by atoms with E-state index in [2.05, 4.69) is 10.6 Å². The number of methoxy groups -OCH3 is 1. The normalized spacial score (nSPS) is 15.9. The molecule has 1 amide bonds. The van der Waals surface area contributed by atoms with E-state index >= 15 is 0 Å². The van der Waals surface area contributed by atoms with Gasteiger partial charge < -0.3 is 15.4 Å². The van der Waals surface area contributed by atoms with E-state index in [4.69, 9.17) is 16.3 Å². The first kappa shape index (κ1) is 15.3. The van der Waals surface area contributed by atoms with E-state index in [0.717, 1.165) is 25.3 Å². The van der Waals surface area contributed by atoms with Crippen molar-refractivity contribution in [3.63, 3.8) is 0 Å². The van der Waals surface area contributed by atoms with E-state index in [1.165, 1.54) is 12.8 Å². The van der Waals surface area contributed by atoms with Crippen molar-refractivity contribution in [2.45, 2.75) is 19.3 Å². The third-order valence-electron chi connectivity index (χ3n) is 3.71. The fourth-order valence-corrected chi connectivity index (χ4v) is 2.32. The number of anilines is 1. The molecule has 0 unspecified atom stereocenters. The Morgan fingerprint density at radius 2 is 2.05 bits per heavy atom. The van der Waals surface area contributed by atoms with Gasteiger partial charge in [0, 0.05) is 31.0 Å². The van der Waals surface area contributed by atoms with Crippen LogP contribution >= 0.6 is 11.6 Å². The largest absolute Gasteiger partial charge is 0.385 e. The molecule has 2 N–H and O–H groups in total. The van der Waals surface area contributed by atoms with Gasteiger partial charge in [-0.2, -0.15) is 0 Å². The van der Waals surface area contributed by atoms with Crippen LogP contribution in [0.4, 0.5) is 5.69 Å². The molecule has 2 rings (SSSR count). The van der Waals surface area contributed by atoms with Gasteiger partial charge in [0.25, 0.3) is 0 Å². The molecular formula is C15H21ClN2O2. The maximum atomic E-state index is 11.8. The summed E-state index contributed by atoms with van der Waals surface area (Å²) in [7, 11) is 1.73. The molecule has 110 valence electrons. The minimum Gasteiger partial charge on any atom is -0.385 e. The van der Waals surface area contributed by atoms with E-state index in [9.17, 15) is 4.79 Å². The van der Waals surface area contributed by atoms with Crippen molar-refractivity contribution in [2.75, 3.05) is 32.1 Å². The summed E-state index contributed by atoms with van der Waals surface area (Å²) in [6.07, 6.45) is 3.51. The number of hydrogen-bond acceptors (Lipinski definition) is 3. The van der Waals surface area contributed by atoms with Crippen molar-refractivity contribution in [2.24, 2.45) is 5.41 Å². The number of benzene rings is 1. The van der Waals surface area contributed by atoms with Gasteiger partial charge in [-0.15, -0.1) is 0 Å². The molecular weight excluding hydrogens is 276 g/mol. The first-order chi connectivity index (χ1) is 9.63. The van der Waals surface area contributed by atoms with Crippen molar-refractivity contribution in [1.29, 1.82) is 0 Å². The summed E-state index contributed by atoms with van der Waals surface area (Å²) >= 11 is 5.80. The average molecular weight is 297 g/mol. The molecule has 0 atom stereocenters. The quantitative estimate of drug-likeness (QED) is 0.775. The molecule has 4 nitrogen and oxygen atoms in total. The van der Waals surface area contributed by atoms with E-state index in [-0.39, 0.29) is 5.91 Å². The predicted octanol–water partition coefficient (Wildman–Crippen LogP) is 2.68. The topological polar surface area (TPSA) is 50.4 Å². The first-order valence-corrected chi connectivity index (χ1v) is 7.26. The Bertz CT molecular complexity index is 444. The highest BCUT2D eigenvalue weighted by atomic mass is 35.5. The molecule has 1 aliphatic rings. The molecule has 1 aromatic carbocycles. The SMILES string of the molecule is COCCC1(CNCC(=O)Nc2ccc(Cl)cc2)CC1. The van der Waals surface area contributed by atoms with Crippen LogP contribution in [0.2, 0.25) is 5.02 Å². The molecule has 0 bridgehead atoms. The number of carbonyl (C=O) groups is 1. The molecule has 1 fully saturated rings. The third-order valence-corrected chi connectivity index (χ3v) is 3.96. The summed E-state index contributed by atoms with van der Waals surface area (Å²) < 4.78 is 5.12. The lowest BCUT2D eigenvalue weighted by molar-refractivity contribution is -0.115. The number of carbonyl (C=O) groups excluding carboxylic acids is 1. The fraction of sp³-hybridized carbons (Fsp3) is 0.533. The highest BCUT2D eigenvalue weighted by Crippen LogP contribution is 2.48. The standard InChI is InChI=1S/C15H21ClN2O2/c1-20-9-8-15(6-7-15)11-17-10-14(19)18-13-4-2-12(16)3-5-13/h2-5,17H,6-11H2,1H3,(H,18,19). The lowest BCUT2D eigenvalue weighted by Crippen LogP contribution is -2.32. The summed E-state index contributed by atoms with van der Waals surface area (Å²) in [6, 6.07) is 7.10.